The van der Waals surface area contributed by atoms with E-state index in [4.69, 9.17) is 5.11 Å². The zero-order valence-corrected chi connectivity index (χ0v) is 8.20. The lowest BCUT2D eigenvalue weighted by Crippen LogP contribution is -2.21. The number of hydrogen-bond acceptors (Lipinski definition) is 2. The van der Waals surface area contributed by atoms with Gasteiger partial charge in [-0.15, -0.1) is 6.58 Å². The molecule has 0 radical (unpaired) electrons. The van der Waals surface area contributed by atoms with E-state index in [9.17, 15) is 0 Å². The van der Waals surface area contributed by atoms with Crippen LogP contribution in [0.4, 0.5) is 0 Å². The van der Waals surface area contributed by atoms with Gasteiger partial charge in [0, 0.05) is 25.1 Å². The molecule has 0 aromatic carbocycles. The minimum Gasteiger partial charge on any atom is -0.395 e. The van der Waals surface area contributed by atoms with Gasteiger partial charge in [0.25, 0.3) is 0 Å². The van der Waals surface area contributed by atoms with Crippen LogP contribution in [0, 0.1) is 5.41 Å². The molecule has 0 aliphatic heterocycles. The Kier molecular flexibility index (Phi) is 2.88. The van der Waals surface area contributed by atoms with E-state index >= 15 is 0 Å². The monoisotopic (exact) mass is 180 g/mol. The lowest BCUT2D eigenvalue weighted by atomic mass is 9.87. The molecule has 0 saturated carbocycles. The third-order valence-electron chi connectivity index (χ3n) is 2.21. The summed E-state index contributed by atoms with van der Waals surface area (Å²) in [6.45, 7) is 5.78. The van der Waals surface area contributed by atoms with Crippen LogP contribution >= 0.6 is 0 Å². The highest BCUT2D eigenvalue weighted by atomic mass is 16.3. The Balaban J connectivity index is 2.72. The Morgan fingerprint density at radius 1 is 1.77 bits per heavy atom. The van der Waals surface area contributed by atoms with Crippen molar-refractivity contribution in [3.05, 3.63) is 30.6 Å². The van der Waals surface area contributed by atoms with Gasteiger partial charge in [-0.05, 0) is 6.07 Å². The van der Waals surface area contributed by atoms with Gasteiger partial charge in [0.05, 0.1) is 12.3 Å². The Morgan fingerprint density at radius 3 is 2.85 bits per heavy atom. The largest absolute Gasteiger partial charge is 0.395 e. The van der Waals surface area contributed by atoms with Gasteiger partial charge in [-0.2, -0.15) is 5.10 Å². The van der Waals surface area contributed by atoms with Crippen LogP contribution in [0.1, 0.15) is 12.6 Å². The number of aliphatic hydroxyl groups is 1. The summed E-state index contributed by atoms with van der Waals surface area (Å²) >= 11 is 0. The van der Waals surface area contributed by atoms with Crippen molar-refractivity contribution in [1.82, 2.24) is 9.78 Å². The molecule has 1 unspecified atom stereocenters. The molecular formula is C10H16N2O. The van der Waals surface area contributed by atoms with Crippen molar-refractivity contribution in [1.29, 1.82) is 0 Å². The first-order valence-corrected chi connectivity index (χ1v) is 4.32. The maximum absolute atomic E-state index is 9.15. The van der Waals surface area contributed by atoms with Crippen molar-refractivity contribution in [2.24, 2.45) is 12.5 Å². The molecule has 0 aliphatic rings. The van der Waals surface area contributed by atoms with E-state index in [1.165, 1.54) is 0 Å². The summed E-state index contributed by atoms with van der Waals surface area (Å²) in [4.78, 5) is 0. The van der Waals surface area contributed by atoms with Crippen LogP contribution in [-0.4, -0.2) is 21.5 Å². The smallest absolute Gasteiger partial charge is 0.0633 e. The minimum absolute atomic E-state index is 0.104. The second-order valence-electron chi connectivity index (χ2n) is 3.67. The van der Waals surface area contributed by atoms with Crippen molar-refractivity contribution < 1.29 is 5.11 Å². The molecule has 13 heavy (non-hydrogen) atoms. The molecule has 0 bridgehead atoms. The number of aliphatic hydroxyl groups excluding tert-OH is 1. The molecular weight excluding hydrogens is 164 g/mol. The quantitative estimate of drug-likeness (QED) is 0.706. The molecule has 1 aromatic heterocycles. The predicted molar refractivity (Wildman–Crippen MR) is 52.3 cm³/mol. The third-order valence-corrected chi connectivity index (χ3v) is 2.21. The minimum atomic E-state index is -0.256. The van der Waals surface area contributed by atoms with Crippen LogP contribution < -0.4 is 0 Å². The summed E-state index contributed by atoms with van der Waals surface area (Å²) in [5, 5.41) is 13.4. The van der Waals surface area contributed by atoms with Crippen molar-refractivity contribution in [2.45, 2.75) is 13.3 Å². The van der Waals surface area contributed by atoms with Crippen molar-refractivity contribution in [3.8, 4) is 0 Å². The zero-order chi connectivity index (χ0) is 9.90. The predicted octanol–water partition coefficient (Wildman–Crippen LogP) is 1.15. The number of hydrogen-bond donors (Lipinski definition) is 1. The SMILES string of the molecule is C=CC(C)(CO)Cc1ccn(C)n1. The maximum atomic E-state index is 9.15. The van der Waals surface area contributed by atoms with E-state index in [1.807, 2.05) is 26.2 Å². The molecule has 1 atom stereocenters. The van der Waals surface area contributed by atoms with Crippen molar-refractivity contribution in [2.75, 3.05) is 6.61 Å². The van der Waals surface area contributed by atoms with Gasteiger partial charge in [-0.3, -0.25) is 4.68 Å². The summed E-state index contributed by atoms with van der Waals surface area (Å²) < 4.78 is 1.76. The fourth-order valence-electron chi connectivity index (χ4n) is 1.16. The van der Waals surface area contributed by atoms with Crippen LogP contribution in [0.15, 0.2) is 24.9 Å². The van der Waals surface area contributed by atoms with Gasteiger partial charge < -0.3 is 5.11 Å². The summed E-state index contributed by atoms with van der Waals surface area (Å²) in [6, 6.07) is 1.96. The highest BCUT2D eigenvalue weighted by Crippen LogP contribution is 2.21. The topological polar surface area (TPSA) is 38.0 Å². The van der Waals surface area contributed by atoms with E-state index in [2.05, 4.69) is 11.7 Å². The second-order valence-corrected chi connectivity index (χ2v) is 3.67. The van der Waals surface area contributed by atoms with E-state index in [0.29, 0.717) is 0 Å². The molecule has 0 spiro atoms. The molecule has 72 valence electrons. The standard InChI is InChI=1S/C10H16N2O/c1-4-10(2,8-13)7-9-5-6-12(3)11-9/h4-6,13H,1,7-8H2,2-3H3. The van der Waals surface area contributed by atoms with Crippen LogP contribution in [0.2, 0.25) is 0 Å². The average molecular weight is 180 g/mol. The van der Waals surface area contributed by atoms with Gasteiger partial charge in [0.1, 0.15) is 0 Å². The van der Waals surface area contributed by atoms with Crippen molar-refractivity contribution in [3.63, 3.8) is 0 Å². The molecule has 3 heteroatoms. The molecule has 3 nitrogen and oxygen atoms in total. The molecule has 0 amide bonds. The van der Waals surface area contributed by atoms with E-state index in [-0.39, 0.29) is 12.0 Å². The molecule has 1 N–H and O–H groups in total. The van der Waals surface area contributed by atoms with Gasteiger partial charge in [0.2, 0.25) is 0 Å². The van der Waals surface area contributed by atoms with Crippen LogP contribution in [0.3, 0.4) is 0 Å². The first-order chi connectivity index (χ1) is 6.09. The summed E-state index contributed by atoms with van der Waals surface area (Å²) in [6.07, 6.45) is 4.41. The highest BCUT2D eigenvalue weighted by molar-refractivity contribution is 5.06. The van der Waals surface area contributed by atoms with Crippen LogP contribution in [-0.2, 0) is 13.5 Å². The fourth-order valence-corrected chi connectivity index (χ4v) is 1.16. The lowest BCUT2D eigenvalue weighted by molar-refractivity contribution is 0.183. The molecule has 0 saturated heterocycles. The summed E-state index contributed by atoms with van der Waals surface area (Å²) in [5.41, 5.74) is 0.730. The van der Waals surface area contributed by atoms with E-state index in [0.717, 1.165) is 12.1 Å². The Bertz CT molecular complexity index is 293. The zero-order valence-electron chi connectivity index (χ0n) is 8.20. The number of nitrogens with zero attached hydrogens (tertiary/aromatic N) is 2. The van der Waals surface area contributed by atoms with Crippen LogP contribution in [0.25, 0.3) is 0 Å². The second kappa shape index (κ2) is 3.75. The Morgan fingerprint density at radius 2 is 2.46 bits per heavy atom. The normalized spacial score (nSPS) is 15.3. The average Bonchev–Trinajstić information content (AvgIpc) is 2.51. The first-order valence-electron chi connectivity index (χ1n) is 4.32. The number of aryl methyl sites for hydroxylation is 1. The van der Waals surface area contributed by atoms with Crippen LogP contribution in [0.5, 0.6) is 0 Å². The van der Waals surface area contributed by atoms with E-state index < -0.39 is 0 Å². The Hall–Kier alpha value is -1.09. The molecule has 1 rings (SSSR count). The van der Waals surface area contributed by atoms with Crippen molar-refractivity contribution >= 4 is 0 Å². The molecule has 0 fully saturated rings. The third kappa shape index (κ3) is 2.42. The number of rotatable bonds is 4. The fraction of sp³-hybridized carbons (Fsp3) is 0.500. The lowest BCUT2D eigenvalue weighted by Gasteiger charge is -2.21. The molecule has 1 heterocycles. The highest BCUT2D eigenvalue weighted by Gasteiger charge is 2.20. The maximum Gasteiger partial charge on any atom is 0.0633 e. The Labute approximate surface area is 78.7 Å². The van der Waals surface area contributed by atoms with Gasteiger partial charge >= 0.3 is 0 Å². The number of aromatic nitrogens is 2. The first kappa shape index (κ1) is 9.99. The summed E-state index contributed by atoms with van der Waals surface area (Å²) in [5.74, 6) is 0. The summed E-state index contributed by atoms with van der Waals surface area (Å²) in [7, 11) is 1.88. The van der Waals surface area contributed by atoms with Gasteiger partial charge in [0.15, 0.2) is 0 Å². The van der Waals surface area contributed by atoms with E-state index in [1.54, 1.807) is 10.8 Å². The molecule has 0 aliphatic carbocycles. The van der Waals surface area contributed by atoms with Gasteiger partial charge in [-0.25, -0.2) is 0 Å². The van der Waals surface area contributed by atoms with Gasteiger partial charge in [-0.1, -0.05) is 13.0 Å². The molecule has 1 aromatic rings.